The Balaban J connectivity index is 1.49. The number of nitrogens with zero attached hydrogens (tertiary/aromatic N) is 3. The van der Waals surface area contributed by atoms with Gasteiger partial charge in [0, 0.05) is 24.5 Å². The summed E-state index contributed by atoms with van der Waals surface area (Å²) in [5, 5.41) is 8.41. The molecule has 1 aliphatic carbocycles. The number of H-pyrrole nitrogens is 1. The minimum absolute atomic E-state index is 0.0442. The molecule has 0 unspecified atom stereocenters. The number of amides is 1. The van der Waals surface area contributed by atoms with E-state index < -0.39 is 0 Å². The first-order chi connectivity index (χ1) is 10.6. The number of aromatic amines is 1. The van der Waals surface area contributed by atoms with Crippen molar-refractivity contribution in [2.24, 2.45) is 0 Å². The number of thioether (sulfide) groups is 1. The molecule has 0 bridgehead atoms. The Morgan fingerprint density at radius 1 is 1.50 bits per heavy atom. The third-order valence-corrected chi connectivity index (χ3v) is 4.57. The van der Waals surface area contributed by atoms with Gasteiger partial charge in [-0.2, -0.15) is 0 Å². The van der Waals surface area contributed by atoms with E-state index in [1.807, 2.05) is 24.3 Å². The molecule has 0 saturated heterocycles. The summed E-state index contributed by atoms with van der Waals surface area (Å²) in [6.07, 6.45) is 2.36. The number of carbonyl (C=O) groups excluding carboxylic acids is 1. The Hall–Kier alpha value is -1.53. The van der Waals surface area contributed by atoms with Gasteiger partial charge in [0.2, 0.25) is 11.1 Å². The second-order valence-electron chi connectivity index (χ2n) is 5.45. The standard InChI is InChI=1S/C15H17ClN4OS/c1-20(8-10-3-2-4-12(16)7-10)13(21)9-22-15-17-14(18-19-15)11-5-6-11/h2-4,7,11H,5-6,8-9H2,1H3,(H,17,18,19). The van der Waals surface area contributed by atoms with Crippen LogP contribution in [-0.2, 0) is 11.3 Å². The Kier molecular flexibility index (Phi) is 4.69. The van der Waals surface area contributed by atoms with Gasteiger partial charge in [-0.05, 0) is 30.5 Å². The minimum Gasteiger partial charge on any atom is -0.341 e. The lowest BCUT2D eigenvalue weighted by Gasteiger charge is -2.16. The highest BCUT2D eigenvalue weighted by Gasteiger charge is 2.27. The number of aromatic nitrogens is 3. The van der Waals surface area contributed by atoms with Gasteiger partial charge in [0.1, 0.15) is 5.82 Å². The van der Waals surface area contributed by atoms with Crippen LogP contribution in [0.1, 0.15) is 30.1 Å². The molecule has 1 saturated carbocycles. The predicted molar refractivity (Wildman–Crippen MR) is 87.0 cm³/mol. The Labute approximate surface area is 138 Å². The molecule has 5 nitrogen and oxygen atoms in total. The van der Waals surface area contributed by atoms with Crippen molar-refractivity contribution in [3.05, 3.63) is 40.7 Å². The molecule has 0 atom stereocenters. The summed E-state index contributed by atoms with van der Waals surface area (Å²) in [5.74, 6) is 1.87. The first kappa shape index (κ1) is 15.4. The highest BCUT2D eigenvalue weighted by Crippen LogP contribution is 2.38. The number of hydrogen-bond donors (Lipinski definition) is 1. The van der Waals surface area contributed by atoms with Crippen LogP contribution in [0.5, 0.6) is 0 Å². The molecular formula is C15H17ClN4OS. The zero-order chi connectivity index (χ0) is 15.5. The van der Waals surface area contributed by atoms with Crippen molar-refractivity contribution in [3.63, 3.8) is 0 Å². The topological polar surface area (TPSA) is 61.9 Å². The average Bonchev–Trinajstić information content (AvgIpc) is 3.24. The number of carbonyl (C=O) groups is 1. The molecule has 1 fully saturated rings. The van der Waals surface area contributed by atoms with Crippen LogP contribution in [0.4, 0.5) is 0 Å². The van der Waals surface area contributed by atoms with Crippen molar-refractivity contribution in [2.45, 2.75) is 30.5 Å². The first-order valence-electron chi connectivity index (χ1n) is 7.15. The van der Waals surface area contributed by atoms with Crippen molar-refractivity contribution in [2.75, 3.05) is 12.8 Å². The summed E-state index contributed by atoms with van der Waals surface area (Å²) in [6.45, 7) is 0.543. The van der Waals surface area contributed by atoms with Crippen LogP contribution in [0.25, 0.3) is 0 Å². The van der Waals surface area contributed by atoms with Crippen LogP contribution in [0.3, 0.4) is 0 Å². The summed E-state index contributed by atoms with van der Waals surface area (Å²) < 4.78 is 0. The molecule has 1 N–H and O–H groups in total. The van der Waals surface area contributed by atoms with E-state index in [1.165, 1.54) is 24.6 Å². The molecule has 116 valence electrons. The zero-order valence-electron chi connectivity index (χ0n) is 12.3. The van der Waals surface area contributed by atoms with E-state index in [-0.39, 0.29) is 5.91 Å². The summed E-state index contributed by atoms with van der Waals surface area (Å²) in [6, 6.07) is 7.54. The van der Waals surface area contributed by atoms with Crippen molar-refractivity contribution in [1.29, 1.82) is 0 Å². The maximum absolute atomic E-state index is 12.2. The van der Waals surface area contributed by atoms with Crippen molar-refractivity contribution >= 4 is 29.3 Å². The van der Waals surface area contributed by atoms with Crippen molar-refractivity contribution in [3.8, 4) is 0 Å². The van der Waals surface area contributed by atoms with Gasteiger partial charge in [-0.3, -0.25) is 9.89 Å². The number of benzene rings is 1. The van der Waals surface area contributed by atoms with Crippen molar-refractivity contribution in [1.82, 2.24) is 20.1 Å². The number of halogens is 1. The monoisotopic (exact) mass is 336 g/mol. The molecular weight excluding hydrogens is 320 g/mol. The van der Waals surface area contributed by atoms with E-state index >= 15 is 0 Å². The van der Waals surface area contributed by atoms with Crippen LogP contribution >= 0.6 is 23.4 Å². The molecule has 2 aromatic rings. The van der Waals surface area contributed by atoms with Crippen LogP contribution in [0.2, 0.25) is 5.02 Å². The summed E-state index contributed by atoms with van der Waals surface area (Å²) in [7, 11) is 1.79. The van der Waals surface area contributed by atoms with Gasteiger partial charge in [0.25, 0.3) is 0 Å². The summed E-state index contributed by atoms with van der Waals surface area (Å²) >= 11 is 7.32. The second-order valence-corrected chi connectivity index (χ2v) is 6.82. The van der Waals surface area contributed by atoms with E-state index in [4.69, 9.17) is 11.6 Å². The Bertz CT molecular complexity index is 671. The molecule has 7 heteroatoms. The summed E-state index contributed by atoms with van der Waals surface area (Å²) in [4.78, 5) is 18.3. The van der Waals surface area contributed by atoms with Crippen LogP contribution in [0, 0.1) is 0 Å². The maximum atomic E-state index is 12.2. The quantitative estimate of drug-likeness (QED) is 0.823. The highest BCUT2D eigenvalue weighted by molar-refractivity contribution is 7.99. The molecule has 3 rings (SSSR count). The van der Waals surface area contributed by atoms with Crippen molar-refractivity contribution < 1.29 is 4.79 Å². The van der Waals surface area contributed by atoms with Gasteiger partial charge in [-0.15, -0.1) is 5.10 Å². The highest BCUT2D eigenvalue weighted by atomic mass is 35.5. The number of nitrogens with one attached hydrogen (secondary N) is 1. The van der Waals surface area contributed by atoms with E-state index in [2.05, 4.69) is 15.2 Å². The molecule has 1 aliphatic rings. The Morgan fingerprint density at radius 3 is 3.05 bits per heavy atom. The van der Waals surface area contributed by atoms with Gasteiger partial charge in [-0.25, -0.2) is 4.98 Å². The molecule has 22 heavy (non-hydrogen) atoms. The van der Waals surface area contributed by atoms with E-state index in [0.717, 1.165) is 11.4 Å². The normalized spacial score (nSPS) is 14.1. The molecule has 0 radical (unpaired) electrons. The summed E-state index contributed by atoms with van der Waals surface area (Å²) in [5.41, 5.74) is 1.02. The van der Waals surface area contributed by atoms with Gasteiger partial charge in [-0.1, -0.05) is 35.5 Å². The van der Waals surface area contributed by atoms with Gasteiger partial charge in [0.15, 0.2) is 0 Å². The molecule has 1 amide bonds. The maximum Gasteiger partial charge on any atom is 0.233 e. The number of hydrogen-bond acceptors (Lipinski definition) is 4. The van der Waals surface area contributed by atoms with Crippen LogP contribution < -0.4 is 0 Å². The van der Waals surface area contributed by atoms with Gasteiger partial charge in [0.05, 0.1) is 5.75 Å². The lowest BCUT2D eigenvalue weighted by Crippen LogP contribution is -2.27. The Morgan fingerprint density at radius 2 is 2.32 bits per heavy atom. The predicted octanol–water partition coefficient (Wildman–Crippen LogP) is 3.09. The second kappa shape index (κ2) is 6.71. The molecule has 1 heterocycles. The fourth-order valence-corrected chi connectivity index (χ4v) is 3.05. The van der Waals surface area contributed by atoms with Gasteiger partial charge >= 0.3 is 0 Å². The minimum atomic E-state index is 0.0442. The fourth-order valence-electron chi connectivity index (χ4n) is 2.10. The fraction of sp³-hybridized carbons (Fsp3) is 0.400. The smallest absolute Gasteiger partial charge is 0.233 e. The first-order valence-corrected chi connectivity index (χ1v) is 8.51. The van der Waals surface area contributed by atoms with Crippen LogP contribution in [-0.4, -0.2) is 38.8 Å². The molecule has 1 aromatic carbocycles. The lowest BCUT2D eigenvalue weighted by molar-refractivity contribution is -0.127. The average molecular weight is 337 g/mol. The third-order valence-electron chi connectivity index (χ3n) is 3.51. The van der Waals surface area contributed by atoms with E-state index in [9.17, 15) is 4.79 Å². The lowest BCUT2D eigenvalue weighted by atomic mass is 10.2. The zero-order valence-corrected chi connectivity index (χ0v) is 13.8. The molecule has 0 aliphatic heterocycles. The number of rotatable bonds is 6. The van der Waals surface area contributed by atoms with Gasteiger partial charge < -0.3 is 4.90 Å². The molecule has 1 aromatic heterocycles. The van der Waals surface area contributed by atoms with Crippen LogP contribution in [0.15, 0.2) is 29.4 Å². The van der Waals surface area contributed by atoms with E-state index in [1.54, 1.807) is 11.9 Å². The SMILES string of the molecule is CN(Cc1cccc(Cl)c1)C(=O)CSc1n[nH]c(C2CC2)n1. The van der Waals surface area contributed by atoms with E-state index in [0.29, 0.717) is 28.4 Å². The third kappa shape index (κ3) is 4.01. The molecule has 0 spiro atoms. The largest absolute Gasteiger partial charge is 0.341 e.